The molecule has 2 heteroatoms. The van der Waals surface area contributed by atoms with Gasteiger partial charge >= 0.3 is 0 Å². The van der Waals surface area contributed by atoms with Crippen LogP contribution in [0, 0.1) is 5.92 Å². The zero-order valence-corrected chi connectivity index (χ0v) is 10.7. The fourth-order valence-electron chi connectivity index (χ4n) is 2.65. The summed E-state index contributed by atoms with van der Waals surface area (Å²) in [6.45, 7) is 15.3. The minimum atomic E-state index is 0.505. The Balaban J connectivity index is 2.59. The molecule has 1 rings (SSSR count). The van der Waals surface area contributed by atoms with Gasteiger partial charge in [0.25, 0.3) is 0 Å². The second-order valence-electron chi connectivity index (χ2n) is 4.77. The summed E-state index contributed by atoms with van der Waals surface area (Å²) in [5.41, 5.74) is 0. The molecule has 2 nitrogen and oxygen atoms in total. The summed E-state index contributed by atoms with van der Waals surface area (Å²) in [4.78, 5) is 2.56. The first-order chi connectivity index (χ1) is 7.11. The summed E-state index contributed by atoms with van der Waals surface area (Å²) in [7, 11) is 0. The van der Waals surface area contributed by atoms with Crippen LogP contribution in [0.4, 0.5) is 0 Å². The van der Waals surface area contributed by atoms with Crippen molar-refractivity contribution in [1.29, 1.82) is 0 Å². The highest BCUT2D eigenvalue weighted by molar-refractivity contribution is 4.94. The predicted octanol–water partition coefficient (Wildman–Crippen LogP) is 2.27. The van der Waals surface area contributed by atoms with Crippen molar-refractivity contribution in [1.82, 2.24) is 10.2 Å². The van der Waals surface area contributed by atoms with Gasteiger partial charge in [0.05, 0.1) is 0 Å². The summed E-state index contributed by atoms with van der Waals surface area (Å²) >= 11 is 0. The second-order valence-corrected chi connectivity index (χ2v) is 4.77. The molecule has 1 aliphatic heterocycles. The zero-order valence-electron chi connectivity index (χ0n) is 10.7. The van der Waals surface area contributed by atoms with E-state index in [9.17, 15) is 0 Å². The molecule has 0 aromatic heterocycles. The Kier molecular flexibility index (Phi) is 4.81. The third-order valence-electron chi connectivity index (χ3n) is 3.95. The van der Waals surface area contributed by atoms with Gasteiger partial charge in [-0.25, -0.2) is 0 Å². The lowest BCUT2D eigenvalue weighted by molar-refractivity contribution is 0.0687. The topological polar surface area (TPSA) is 15.3 Å². The fraction of sp³-hybridized carbons (Fsp3) is 0.846. The van der Waals surface area contributed by atoms with Gasteiger partial charge in [0.1, 0.15) is 0 Å². The second kappa shape index (κ2) is 5.66. The molecule has 1 heterocycles. The maximum absolute atomic E-state index is 3.89. The molecule has 0 radical (unpaired) electrons. The average molecular weight is 210 g/mol. The third kappa shape index (κ3) is 2.82. The van der Waals surface area contributed by atoms with E-state index in [2.05, 4.69) is 50.6 Å². The minimum Gasteiger partial charge on any atom is -0.314 e. The van der Waals surface area contributed by atoms with Gasteiger partial charge in [-0.3, -0.25) is 4.90 Å². The Labute approximate surface area is 94.7 Å². The van der Waals surface area contributed by atoms with Crippen molar-refractivity contribution in [2.24, 2.45) is 5.92 Å². The molecule has 0 aromatic carbocycles. The number of nitrogens with zero attached hydrogens (tertiary/aromatic N) is 1. The Hall–Kier alpha value is -0.340. The van der Waals surface area contributed by atoms with Crippen LogP contribution in [-0.4, -0.2) is 36.1 Å². The first-order valence-corrected chi connectivity index (χ1v) is 6.23. The highest BCUT2D eigenvalue weighted by Gasteiger charge is 2.33. The monoisotopic (exact) mass is 210 g/mol. The predicted molar refractivity (Wildman–Crippen MR) is 67.1 cm³/mol. The van der Waals surface area contributed by atoms with Crippen molar-refractivity contribution in [2.45, 2.75) is 52.2 Å². The van der Waals surface area contributed by atoms with Gasteiger partial charge < -0.3 is 5.32 Å². The molecule has 0 amide bonds. The van der Waals surface area contributed by atoms with Crippen molar-refractivity contribution in [2.75, 3.05) is 13.1 Å². The quantitative estimate of drug-likeness (QED) is 0.716. The van der Waals surface area contributed by atoms with E-state index in [1.807, 2.05) is 0 Å². The Morgan fingerprint density at radius 3 is 2.73 bits per heavy atom. The van der Waals surface area contributed by atoms with Crippen molar-refractivity contribution in [3.63, 3.8) is 0 Å². The molecular formula is C13H26N2. The summed E-state index contributed by atoms with van der Waals surface area (Å²) in [6.07, 6.45) is 3.31. The van der Waals surface area contributed by atoms with Crippen molar-refractivity contribution in [3.05, 3.63) is 12.7 Å². The van der Waals surface area contributed by atoms with Crippen molar-refractivity contribution >= 4 is 0 Å². The molecule has 1 aliphatic rings. The molecule has 88 valence electrons. The molecule has 0 aromatic rings. The smallest absolute Gasteiger partial charge is 0.0250 e. The van der Waals surface area contributed by atoms with Gasteiger partial charge in [0, 0.05) is 24.7 Å². The van der Waals surface area contributed by atoms with E-state index >= 15 is 0 Å². The lowest BCUT2D eigenvalue weighted by Crippen LogP contribution is -2.55. The van der Waals surface area contributed by atoms with Crippen LogP contribution in [0.15, 0.2) is 12.7 Å². The van der Waals surface area contributed by atoms with Gasteiger partial charge in [-0.15, -0.1) is 6.58 Å². The summed E-state index contributed by atoms with van der Waals surface area (Å²) in [6, 6.07) is 1.85. The van der Waals surface area contributed by atoms with Crippen LogP contribution in [0.3, 0.4) is 0 Å². The number of piperidine rings is 1. The van der Waals surface area contributed by atoms with E-state index in [4.69, 9.17) is 0 Å². The van der Waals surface area contributed by atoms with E-state index in [0.29, 0.717) is 18.1 Å². The van der Waals surface area contributed by atoms with Crippen LogP contribution in [0.5, 0.6) is 0 Å². The van der Waals surface area contributed by atoms with E-state index in [-0.39, 0.29) is 0 Å². The number of hydrogen-bond acceptors (Lipinski definition) is 2. The lowest BCUT2D eigenvalue weighted by Gasteiger charge is -2.45. The molecule has 15 heavy (non-hydrogen) atoms. The highest BCUT2D eigenvalue weighted by Crippen LogP contribution is 2.25. The number of nitrogens with one attached hydrogen (secondary N) is 1. The molecule has 1 N–H and O–H groups in total. The molecule has 1 fully saturated rings. The van der Waals surface area contributed by atoms with Crippen LogP contribution in [0.1, 0.15) is 34.1 Å². The highest BCUT2D eigenvalue weighted by atomic mass is 15.2. The summed E-state index contributed by atoms with van der Waals surface area (Å²) in [5.74, 6) is 0.723. The van der Waals surface area contributed by atoms with Gasteiger partial charge in [-0.05, 0) is 32.7 Å². The fourth-order valence-corrected chi connectivity index (χ4v) is 2.65. The van der Waals surface area contributed by atoms with E-state index in [1.165, 1.54) is 13.0 Å². The number of rotatable bonds is 4. The van der Waals surface area contributed by atoms with Crippen LogP contribution in [0.2, 0.25) is 0 Å². The zero-order chi connectivity index (χ0) is 11.4. The Morgan fingerprint density at radius 1 is 1.53 bits per heavy atom. The van der Waals surface area contributed by atoms with Crippen molar-refractivity contribution < 1.29 is 0 Å². The molecule has 0 aliphatic carbocycles. The van der Waals surface area contributed by atoms with Crippen molar-refractivity contribution in [3.8, 4) is 0 Å². The van der Waals surface area contributed by atoms with E-state index < -0.39 is 0 Å². The molecule has 4 unspecified atom stereocenters. The van der Waals surface area contributed by atoms with Gasteiger partial charge in [-0.2, -0.15) is 0 Å². The SMILES string of the molecule is C=CC(C)N1CCC(NCC)C(C)C1C. The normalized spacial score (nSPS) is 35.1. The van der Waals surface area contributed by atoms with Gasteiger partial charge in [0.2, 0.25) is 0 Å². The maximum Gasteiger partial charge on any atom is 0.0250 e. The molecule has 0 spiro atoms. The maximum atomic E-state index is 3.89. The first-order valence-electron chi connectivity index (χ1n) is 6.23. The molecule has 4 atom stereocenters. The third-order valence-corrected chi connectivity index (χ3v) is 3.95. The minimum absolute atomic E-state index is 0.505. The largest absolute Gasteiger partial charge is 0.314 e. The standard InChI is InChI=1S/C13H26N2/c1-6-10(3)15-9-8-13(14-7-2)11(4)12(15)5/h6,10-14H,1,7-9H2,2-5H3. The molecule has 1 saturated heterocycles. The van der Waals surface area contributed by atoms with Crippen LogP contribution >= 0.6 is 0 Å². The van der Waals surface area contributed by atoms with Gasteiger partial charge in [0.15, 0.2) is 0 Å². The Bertz CT molecular complexity index is 203. The first kappa shape index (κ1) is 12.7. The molecular weight excluding hydrogens is 184 g/mol. The van der Waals surface area contributed by atoms with Crippen LogP contribution in [-0.2, 0) is 0 Å². The van der Waals surface area contributed by atoms with E-state index in [1.54, 1.807) is 0 Å². The number of hydrogen-bond donors (Lipinski definition) is 1. The molecule has 0 saturated carbocycles. The lowest BCUT2D eigenvalue weighted by atomic mass is 9.86. The molecule has 0 bridgehead atoms. The van der Waals surface area contributed by atoms with Crippen LogP contribution in [0.25, 0.3) is 0 Å². The van der Waals surface area contributed by atoms with Crippen LogP contribution < -0.4 is 5.32 Å². The van der Waals surface area contributed by atoms with Gasteiger partial charge in [-0.1, -0.05) is 19.9 Å². The average Bonchev–Trinajstić information content (AvgIpc) is 2.24. The van der Waals surface area contributed by atoms with E-state index in [0.717, 1.165) is 12.5 Å². The summed E-state index contributed by atoms with van der Waals surface area (Å²) < 4.78 is 0. The number of likely N-dealkylation sites (tertiary alicyclic amines) is 1. The Morgan fingerprint density at radius 2 is 2.20 bits per heavy atom. The summed E-state index contributed by atoms with van der Waals surface area (Å²) in [5, 5.41) is 3.59.